The summed E-state index contributed by atoms with van der Waals surface area (Å²) in [5.41, 5.74) is 3.40. The Bertz CT molecular complexity index is 519. The van der Waals surface area contributed by atoms with Crippen molar-refractivity contribution < 1.29 is 4.74 Å². The topological polar surface area (TPSA) is 39.1 Å². The summed E-state index contributed by atoms with van der Waals surface area (Å²) in [4.78, 5) is 0. The van der Waals surface area contributed by atoms with Crippen molar-refractivity contribution in [1.82, 2.24) is 9.78 Å². The zero-order valence-corrected chi connectivity index (χ0v) is 9.81. The average molecular weight is 229 g/mol. The number of hydrogen-bond acceptors (Lipinski definition) is 3. The number of anilines is 1. The summed E-state index contributed by atoms with van der Waals surface area (Å²) in [6, 6.07) is 10.2. The molecule has 1 N–H and O–H groups in total. The van der Waals surface area contributed by atoms with Crippen LogP contribution in [-0.4, -0.2) is 23.4 Å². The molecule has 88 valence electrons. The van der Waals surface area contributed by atoms with Gasteiger partial charge in [-0.15, -0.1) is 0 Å². The molecule has 1 aliphatic rings. The lowest BCUT2D eigenvalue weighted by atomic mass is 10.1. The monoisotopic (exact) mass is 229 g/mol. The van der Waals surface area contributed by atoms with Crippen LogP contribution in [0.3, 0.4) is 0 Å². The van der Waals surface area contributed by atoms with E-state index < -0.39 is 0 Å². The number of fused-ring (bicyclic) bond motifs is 1. The summed E-state index contributed by atoms with van der Waals surface area (Å²) in [6.07, 6.45) is 0.929. The van der Waals surface area contributed by atoms with E-state index in [4.69, 9.17) is 4.74 Å². The maximum absolute atomic E-state index is 5.44. The van der Waals surface area contributed by atoms with Crippen molar-refractivity contribution in [3.05, 3.63) is 41.6 Å². The van der Waals surface area contributed by atoms with E-state index in [0.717, 1.165) is 30.2 Å². The fourth-order valence-electron chi connectivity index (χ4n) is 2.23. The van der Waals surface area contributed by atoms with Gasteiger partial charge in [-0.2, -0.15) is 5.10 Å². The minimum absolute atomic E-state index is 0.615. The van der Waals surface area contributed by atoms with E-state index in [-0.39, 0.29) is 0 Å². The number of aromatic nitrogens is 2. The van der Waals surface area contributed by atoms with Crippen molar-refractivity contribution in [3.63, 3.8) is 0 Å². The normalized spacial score (nSPS) is 14.4. The number of hydrogen-bond donors (Lipinski definition) is 1. The van der Waals surface area contributed by atoms with Crippen LogP contribution in [0.25, 0.3) is 5.69 Å². The van der Waals surface area contributed by atoms with Gasteiger partial charge in [0.05, 0.1) is 24.6 Å². The number of nitrogens with zero attached hydrogens (tertiary/aromatic N) is 2. The summed E-state index contributed by atoms with van der Waals surface area (Å²) >= 11 is 0. The molecule has 0 aliphatic carbocycles. The van der Waals surface area contributed by atoms with Crippen LogP contribution in [0.15, 0.2) is 30.3 Å². The van der Waals surface area contributed by atoms with Crippen LogP contribution in [0.1, 0.15) is 11.3 Å². The molecule has 2 aromatic rings. The Morgan fingerprint density at radius 2 is 2.12 bits per heavy atom. The predicted molar refractivity (Wildman–Crippen MR) is 66.5 cm³/mol. The van der Waals surface area contributed by atoms with Crippen LogP contribution >= 0.6 is 0 Å². The molecule has 1 aromatic heterocycles. The molecule has 4 heteroatoms. The van der Waals surface area contributed by atoms with Gasteiger partial charge in [0.25, 0.3) is 0 Å². The van der Waals surface area contributed by atoms with Crippen molar-refractivity contribution in [2.45, 2.75) is 13.0 Å². The smallest absolute Gasteiger partial charge is 0.133 e. The third kappa shape index (κ3) is 1.70. The molecule has 0 saturated heterocycles. The van der Waals surface area contributed by atoms with Gasteiger partial charge in [0, 0.05) is 19.0 Å². The quantitative estimate of drug-likeness (QED) is 0.856. The minimum atomic E-state index is 0.615. The average Bonchev–Trinajstić information content (AvgIpc) is 2.78. The molecule has 1 aliphatic heterocycles. The number of ether oxygens (including phenoxy) is 1. The summed E-state index contributed by atoms with van der Waals surface area (Å²) in [5, 5.41) is 7.87. The first-order chi connectivity index (χ1) is 8.40. The zero-order valence-electron chi connectivity index (χ0n) is 9.81. The fourth-order valence-corrected chi connectivity index (χ4v) is 2.23. The Hall–Kier alpha value is -1.81. The van der Waals surface area contributed by atoms with E-state index in [0.29, 0.717) is 6.61 Å². The van der Waals surface area contributed by atoms with Gasteiger partial charge in [0.15, 0.2) is 0 Å². The molecular weight excluding hydrogens is 214 g/mol. The highest BCUT2D eigenvalue weighted by Crippen LogP contribution is 2.27. The molecule has 2 heterocycles. The van der Waals surface area contributed by atoms with Crippen molar-refractivity contribution in [3.8, 4) is 5.69 Å². The highest BCUT2D eigenvalue weighted by molar-refractivity contribution is 5.53. The van der Waals surface area contributed by atoms with E-state index >= 15 is 0 Å². The van der Waals surface area contributed by atoms with Gasteiger partial charge in [-0.1, -0.05) is 18.2 Å². The summed E-state index contributed by atoms with van der Waals surface area (Å²) in [7, 11) is 1.94. The second kappa shape index (κ2) is 4.22. The Kier molecular flexibility index (Phi) is 2.57. The van der Waals surface area contributed by atoms with Crippen molar-refractivity contribution >= 4 is 5.82 Å². The van der Waals surface area contributed by atoms with E-state index in [1.54, 1.807) is 0 Å². The molecule has 0 saturated carbocycles. The third-order valence-electron chi connectivity index (χ3n) is 3.04. The molecule has 17 heavy (non-hydrogen) atoms. The summed E-state index contributed by atoms with van der Waals surface area (Å²) in [6.45, 7) is 1.39. The van der Waals surface area contributed by atoms with Gasteiger partial charge in [-0.25, -0.2) is 4.68 Å². The molecule has 0 amide bonds. The summed E-state index contributed by atoms with van der Waals surface area (Å²) in [5.74, 6) is 1.08. The van der Waals surface area contributed by atoms with Crippen molar-refractivity contribution in [2.24, 2.45) is 0 Å². The first kappa shape index (κ1) is 10.4. The Labute approximate surface area is 100 Å². The standard InChI is InChI=1S/C13H15N3O/c1-14-13-11-7-8-17-9-12(11)15-16(13)10-5-3-2-4-6-10/h2-6,14H,7-9H2,1H3. The first-order valence-corrected chi connectivity index (χ1v) is 5.82. The van der Waals surface area contributed by atoms with Crippen LogP contribution in [0.4, 0.5) is 5.82 Å². The van der Waals surface area contributed by atoms with Gasteiger partial charge >= 0.3 is 0 Å². The predicted octanol–water partition coefficient (Wildman–Crippen LogP) is 1.99. The van der Waals surface area contributed by atoms with Gasteiger partial charge in [-0.3, -0.25) is 0 Å². The molecular formula is C13H15N3O. The second-order valence-electron chi connectivity index (χ2n) is 4.07. The fraction of sp³-hybridized carbons (Fsp3) is 0.308. The van der Waals surface area contributed by atoms with Crippen LogP contribution < -0.4 is 5.32 Å². The highest BCUT2D eigenvalue weighted by Gasteiger charge is 2.20. The largest absolute Gasteiger partial charge is 0.375 e. The molecule has 0 bridgehead atoms. The van der Waals surface area contributed by atoms with Crippen LogP contribution in [-0.2, 0) is 17.8 Å². The Morgan fingerprint density at radius 3 is 2.88 bits per heavy atom. The molecule has 0 radical (unpaired) electrons. The van der Waals surface area contributed by atoms with Gasteiger partial charge in [0.1, 0.15) is 5.82 Å². The van der Waals surface area contributed by atoms with Gasteiger partial charge < -0.3 is 10.1 Å². The van der Waals surface area contributed by atoms with Gasteiger partial charge in [0.2, 0.25) is 0 Å². The molecule has 3 rings (SSSR count). The molecule has 1 aromatic carbocycles. The summed E-state index contributed by atoms with van der Waals surface area (Å²) < 4.78 is 7.40. The SMILES string of the molecule is CNc1c2c(nn1-c1ccccc1)COCC2. The van der Waals surface area contributed by atoms with Gasteiger partial charge in [-0.05, 0) is 12.1 Å². The molecule has 4 nitrogen and oxygen atoms in total. The third-order valence-corrected chi connectivity index (χ3v) is 3.04. The zero-order chi connectivity index (χ0) is 11.7. The number of benzene rings is 1. The van der Waals surface area contributed by atoms with Crippen molar-refractivity contribution in [1.29, 1.82) is 0 Å². The molecule has 0 spiro atoms. The lowest BCUT2D eigenvalue weighted by Crippen LogP contribution is -2.09. The van der Waals surface area contributed by atoms with Crippen molar-refractivity contribution in [2.75, 3.05) is 19.0 Å². The van der Waals surface area contributed by atoms with Crippen LogP contribution in [0, 0.1) is 0 Å². The molecule has 0 atom stereocenters. The van der Waals surface area contributed by atoms with Crippen LogP contribution in [0.2, 0.25) is 0 Å². The molecule has 0 unspecified atom stereocenters. The number of nitrogens with one attached hydrogen (secondary N) is 1. The molecule has 0 fully saturated rings. The first-order valence-electron chi connectivity index (χ1n) is 5.82. The highest BCUT2D eigenvalue weighted by atomic mass is 16.5. The van der Waals surface area contributed by atoms with E-state index in [9.17, 15) is 0 Å². The lowest BCUT2D eigenvalue weighted by Gasteiger charge is -2.12. The van der Waals surface area contributed by atoms with E-state index in [1.807, 2.05) is 29.9 Å². The van der Waals surface area contributed by atoms with Crippen LogP contribution in [0.5, 0.6) is 0 Å². The minimum Gasteiger partial charge on any atom is -0.375 e. The maximum Gasteiger partial charge on any atom is 0.133 e. The Balaban J connectivity index is 2.14. The number of para-hydroxylation sites is 1. The maximum atomic E-state index is 5.44. The number of rotatable bonds is 2. The second-order valence-corrected chi connectivity index (χ2v) is 4.07. The van der Waals surface area contributed by atoms with E-state index in [1.165, 1.54) is 5.56 Å². The lowest BCUT2D eigenvalue weighted by molar-refractivity contribution is 0.108. The Morgan fingerprint density at radius 1 is 1.29 bits per heavy atom. The van der Waals surface area contributed by atoms with E-state index in [2.05, 4.69) is 22.5 Å².